The van der Waals surface area contributed by atoms with Crippen molar-refractivity contribution < 1.29 is 8.42 Å². The van der Waals surface area contributed by atoms with Gasteiger partial charge in [0.15, 0.2) is 9.84 Å². The van der Waals surface area contributed by atoms with Crippen LogP contribution in [0.4, 0.5) is 0 Å². The van der Waals surface area contributed by atoms with E-state index in [1.54, 1.807) is 0 Å². The average Bonchev–Trinajstić information content (AvgIpc) is 2.69. The van der Waals surface area contributed by atoms with Gasteiger partial charge in [0.25, 0.3) is 0 Å². The predicted molar refractivity (Wildman–Crippen MR) is 77.3 cm³/mol. The molecular formula is C14H29NO2S. The van der Waals surface area contributed by atoms with E-state index >= 15 is 0 Å². The Morgan fingerprint density at radius 3 is 2.39 bits per heavy atom. The second kappa shape index (κ2) is 8.16. The van der Waals surface area contributed by atoms with E-state index in [1.807, 2.05) is 0 Å². The highest BCUT2D eigenvalue weighted by molar-refractivity contribution is 7.91. The fourth-order valence-corrected chi connectivity index (χ4v) is 4.85. The van der Waals surface area contributed by atoms with Crippen LogP contribution in [0.25, 0.3) is 0 Å². The molecule has 18 heavy (non-hydrogen) atoms. The first-order chi connectivity index (χ1) is 8.59. The summed E-state index contributed by atoms with van der Waals surface area (Å²) in [6, 6.07) is 0. The molecule has 1 heterocycles. The van der Waals surface area contributed by atoms with Crippen LogP contribution in [0, 0.1) is 11.8 Å². The van der Waals surface area contributed by atoms with Crippen LogP contribution >= 0.6 is 0 Å². The summed E-state index contributed by atoms with van der Waals surface area (Å²) >= 11 is 0. The Balaban J connectivity index is 2.18. The van der Waals surface area contributed by atoms with Gasteiger partial charge in [-0.1, -0.05) is 45.4 Å². The fourth-order valence-electron chi connectivity index (χ4n) is 2.93. The Morgan fingerprint density at radius 2 is 1.83 bits per heavy atom. The third-order valence-corrected chi connectivity index (χ3v) is 5.96. The Morgan fingerprint density at radius 1 is 1.17 bits per heavy atom. The molecular weight excluding hydrogens is 246 g/mol. The summed E-state index contributed by atoms with van der Waals surface area (Å²) in [6.07, 6.45) is 9.70. The summed E-state index contributed by atoms with van der Waals surface area (Å²) in [5.41, 5.74) is 5.81. The molecule has 2 N–H and O–H groups in total. The van der Waals surface area contributed by atoms with E-state index in [-0.39, 0.29) is 0 Å². The van der Waals surface area contributed by atoms with Crippen molar-refractivity contribution in [1.82, 2.24) is 0 Å². The van der Waals surface area contributed by atoms with Crippen LogP contribution in [0.2, 0.25) is 0 Å². The number of hydrogen-bond acceptors (Lipinski definition) is 3. The van der Waals surface area contributed by atoms with Gasteiger partial charge in [-0.05, 0) is 31.2 Å². The summed E-state index contributed by atoms with van der Waals surface area (Å²) in [7, 11) is -2.75. The largest absolute Gasteiger partial charge is 0.330 e. The maximum atomic E-state index is 11.5. The Hall–Kier alpha value is -0.0900. The molecule has 4 heteroatoms. The van der Waals surface area contributed by atoms with Crippen molar-refractivity contribution in [3.05, 3.63) is 0 Å². The van der Waals surface area contributed by atoms with E-state index in [2.05, 4.69) is 6.92 Å². The highest BCUT2D eigenvalue weighted by Crippen LogP contribution is 2.29. The Kier molecular flexibility index (Phi) is 7.23. The molecule has 1 fully saturated rings. The van der Waals surface area contributed by atoms with Crippen LogP contribution in [0.5, 0.6) is 0 Å². The SMILES string of the molecule is CCCCCCCCC(CN)C1CCS(=O)(=O)C1. The smallest absolute Gasteiger partial charge is 0.150 e. The number of nitrogens with two attached hydrogens (primary N) is 1. The second-order valence-corrected chi connectivity index (χ2v) is 7.94. The van der Waals surface area contributed by atoms with Gasteiger partial charge in [0.2, 0.25) is 0 Å². The van der Waals surface area contributed by atoms with Crippen molar-refractivity contribution in [2.45, 2.75) is 58.3 Å². The third-order valence-electron chi connectivity index (χ3n) is 4.17. The lowest BCUT2D eigenvalue weighted by Crippen LogP contribution is -2.24. The lowest BCUT2D eigenvalue weighted by molar-refractivity contribution is 0.337. The summed E-state index contributed by atoms with van der Waals surface area (Å²) in [4.78, 5) is 0. The van der Waals surface area contributed by atoms with Crippen LogP contribution in [0.1, 0.15) is 58.3 Å². The minimum Gasteiger partial charge on any atom is -0.330 e. The molecule has 0 aromatic carbocycles. The Bertz CT molecular complexity index is 314. The monoisotopic (exact) mass is 275 g/mol. The molecule has 1 aliphatic heterocycles. The molecule has 0 aliphatic carbocycles. The summed E-state index contributed by atoms with van der Waals surface area (Å²) < 4.78 is 22.9. The summed E-state index contributed by atoms with van der Waals surface area (Å²) in [6.45, 7) is 2.88. The summed E-state index contributed by atoms with van der Waals surface area (Å²) in [5, 5.41) is 0. The maximum absolute atomic E-state index is 11.5. The average molecular weight is 275 g/mol. The van der Waals surface area contributed by atoms with Gasteiger partial charge in [-0.2, -0.15) is 0 Å². The second-order valence-electron chi connectivity index (χ2n) is 5.72. The van der Waals surface area contributed by atoms with Crippen LogP contribution in [0.3, 0.4) is 0 Å². The number of sulfone groups is 1. The molecule has 0 saturated carbocycles. The van der Waals surface area contributed by atoms with E-state index in [4.69, 9.17) is 5.73 Å². The first-order valence-corrected chi connectivity index (χ1v) is 9.31. The molecule has 2 atom stereocenters. The Labute approximate surface area is 112 Å². The van der Waals surface area contributed by atoms with E-state index < -0.39 is 9.84 Å². The van der Waals surface area contributed by atoms with Crippen molar-refractivity contribution in [3.63, 3.8) is 0 Å². The van der Waals surface area contributed by atoms with Gasteiger partial charge in [-0.25, -0.2) is 8.42 Å². The zero-order valence-corrected chi connectivity index (χ0v) is 12.6. The van der Waals surface area contributed by atoms with Gasteiger partial charge in [0.1, 0.15) is 0 Å². The molecule has 1 aliphatic rings. The molecule has 0 spiro atoms. The lowest BCUT2D eigenvalue weighted by atomic mass is 9.87. The molecule has 0 amide bonds. The summed E-state index contributed by atoms with van der Waals surface area (Å²) in [5.74, 6) is 1.51. The van der Waals surface area contributed by atoms with E-state index in [0.717, 1.165) is 12.8 Å². The predicted octanol–water partition coefficient (Wildman–Crippen LogP) is 2.75. The van der Waals surface area contributed by atoms with E-state index in [9.17, 15) is 8.42 Å². The van der Waals surface area contributed by atoms with Gasteiger partial charge in [0, 0.05) is 0 Å². The first kappa shape index (κ1) is 16.0. The minimum atomic E-state index is -2.75. The highest BCUT2D eigenvalue weighted by Gasteiger charge is 2.32. The van der Waals surface area contributed by atoms with Crippen molar-refractivity contribution in [3.8, 4) is 0 Å². The van der Waals surface area contributed by atoms with E-state index in [0.29, 0.717) is 29.9 Å². The van der Waals surface area contributed by atoms with Gasteiger partial charge in [-0.15, -0.1) is 0 Å². The zero-order valence-electron chi connectivity index (χ0n) is 11.7. The lowest BCUT2D eigenvalue weighted by Gasteiger charge is -2.20. The highest BCUT2D eigenvalue weighted by atomic mass is 32.2. The minimum absolute atomic E-state index is 0.329. The van der Waals surface area contributed by atoms with Crippen LogP contribution < -0.4 is 5.73 Å². The van der Waals surface area contributed by atoms with Gasteiger partial charge in [0.05, 0.1) is 11.5 Å². The quantitative estimate of drug-likeness (QED) is 0.658. The number of unbranched alkanes of at least 4 members (excludes halogenated alkanes) is 5. The van der Waals surface area contributed by atoms with Gasteiger partial charge in [-0.3, -0.25) is 0 Å². The number of hydrogen-bond donors (Lipinski definition) is 1. The molecule has 2 unspecified atom stereocenters. The molecule has 3 nitrogen and oxygen atoms in total. The van der Waals surface area contributed by atoms with Crippen molar-refractivity contribution in [1.29, 1.82) is 0 Å². The maximum Gasteiger partial charge on any atom is 0.150 e. The van der Waals surface area contributed by atoms with Crippen LogP contribution in [-0.4, -0.2) is 26.5 Å². The molecule has 108 valence electrons. The van der Waals surface area contributed by atoms with E-state index in [1.165, 1.54) is 38.5 Å². The van der Waals surface area contributed by atoms with Crippen LogP contribution in [-0.2, 0) is 9.84 Å². The molecule has 0 aromatic rings. The number of rotatable bonds is 9. The van der Waals surface area contributed by atoms with Crippen LogP contribution in [0.15, 0.2) is 0 Å². The third kappa shape index (κ3) is 5.70. The van der Waals surface area contributed by atoms with Gasteiger partial charge < -0.3 is 5.73 Å². The zero-order chi connectivity index (χ0) is 13.4. The normalized spacial score (nSPS) is 24.2. The molecule has 1 saturated heterocycles. The molecule has 0 bridgehead atoms. The first-order valence-electron chi connectivity index (χ1n) is 7.49. The molecule has 0 radical (unpaired) electrons. The fraction of sp³-hybridized carbons (Fsp3) is 1.00. The van der Waals surface area contributed by atoms with Crippen molar-refractivity contribution >= 4 is 9.84 Å². The van der Waals surface area contributed by atoms with Crippen molar-refractivity contribution in [2.24, 2.45) is 17.6 Å². The van der Waals surface area contributed by atoms with Crippen molar-refractivity contribution in [2.75, 3.05) is 18.1 Å². The molecule has 1 rings (SSSR count). The van der Waals surface area contributed by atoms with Gasteiger partial charge >= 0.3 is 0 Å². The standard InChI is InChI=1S/C14H29NO2S/c1-2-3-4-5-6-7-8-13(11-15)14-9-10-18(16,17)12-14/h13-14H,2-12,15H2,1H3. The molecule has 0 aromatic heterocycles. The topological polar surface area (TPSA) is 60.2 Å².